The molecule has 2 unspecified atom stereocenters. The minimum atomic E-state index is -0.343. The number of rotatable bonds is 5. The van der Waals surface area contributed by atoms with Crippen LogP contribution in [0, 0.1) is 5.92 Å². The van der Waals surface area contributed by atoms with Crippen LogP contribution < -0.4 is 5.73 Å². The summed E-state index contributed by atoms with van der Waals surface area (Å²) in [6, 6.07) is 0.0274. The van der Waals surface area contributed by atoms with Crippen molar-refractivity contribution >= 4 is 5.91 Å². The Morgan fingerprint density at radius 3 is 2.39 bits per heavy atom. The molecule has 2 N–H and O–H groups in total. The van der Waals surface area contributed by atoms with Crippen LogP contribution in [-0.4, -0.2) is 54.5 Å². The molecule has 0 saturated carbocycles. The molecule has 4 nitrogen and oxygen atoms in total. The van der Waals surface area contributed by atoms with E-state index in [0.29, 0.717) is 6.04 Å². The Balaban J connectivity index is 2.49. The lowest BCUT2D eigenvalue weighted by atomic mass is 9.97. The van der Waals surface area contributed by atoms with E-state index >= 15 is 0 Å². The first-order chi connectivity index (χ1) is 8.51. The molecule has 1 fully saturated rings. The first-order valence-electron chi connectivity index (χ1n) is 7.25. The van der Waals surface area contributed by atoms with Gasteiger partial charge in [0.25, 0.3) is 0 Å². The molecule has 1 aliphatic heterocycles. The zero-order chi connectivity index (χ0) is 13.7. The predicted octanol–water partition coefficient (Wildman–Crippen LogP) is 1.30. The number of nitrogens with two attached hydrogens (primary N) is 1. The summed E-state index contributed by atoms with van der Waals surface area (Å²) in [6.07, 6.45) is 3.10. The fraction of sp³-hybridized carbons (Fsp3) is 0.929. The highest BCUT2D eigenvalue weighted by molar-refractivity contribution is 5.82. The van der Waals surface area contributed by atoms with Crippen LogP contribution in [0.25, 0.3) is 0 Å². The second-order valence-electron chi connectivity index (χ2n) is 5.53. The minimum Gasteiger partial charge on any atom is -0.341 e. The summed E-state index contributed by atoms with van der Waals surface area (Å²) in [7, 11) is 1.91. The zero-order valence-electron chi connectivity index (χ0n) is 12.4. The number of hydrogen-bond acceptors (Lipinski definition) is 3. The summed E-state index contributed by atoms with van der Waals surface area (Å²) in [5.41, 5.74) is 6.03. The van der Waals surface area contributed by atoms with Gasteiger partial charge in [-0.3, -0.25) is 4.79 Å². The van der Waals surface area contributed by atoms with Gasteiger partial charge in [0.15, 0.2) is 0 Å². The SMILES string of the molecule is CCC(C)C(N)C(=O)N(C)C1CCN(CC)CC1. The molecule has 106 valence electrons. The van der Waals surface area contributed by atoms with Gasteiger partial charge in [-0.25, -0.2) is 0 Å². The van der Waals surface area contributed by atoms with Gasteiger partial charge in [-0.15, -0.1) is 0 Å². The maximum atomic E-state index is 12.3. The third kappa shape index (κ3) is 3.69. The van der Waals surface area contributed by atoms with Crippen molar-refractivity contribution in [1.82, 2.24) is 9.80 Å². The molecule has 2 atom stereocenters. The highest BCUT2D eigenvalue weighted by atomic mass is 16.2. The van der Waals surface area contributed by atoms with E-state index in [-0.39, 0.29) is 17.9 Å². The van der Waals surface area contributed by atoms with Gasteiger partial charge >= 0.3 is 0 Å². The van der Waals surface area contributed by atoms with Crippen LogP contribution >= 0.6 is 0 Å². The van der Waals surface area contributed by atoms with Gasteiger partial charge in [0.2, 0.25) is 5.91 Å². The average molecular weight is 255 g/mol. The van der Waals surface area contributed by atoms with E-state index in [4.69, 9.17) is 5.73 Å². The highest BCUT2D eigenvalue weighted by Gasteiger charge is 2.29. The molecule has 0 aromatic heterocycles. The minimum absolute atomic E-state index is 0.110. The first kappa shape index (κ1) is 15.4. The Labute approximate surface area is 111 Å². The molecule has 1 aliphatic rings. The average Bonchev–Trinajstić information content (AvgIpc) is 2.44. The lowest BCUT2D eigenvalue weighted by Crippen LogP contribution is -2.52. The Kier molecular flexibility index (Phi) is 6.09. The molecule has 18 heavy (non-hydrogen) atoms. The van der Waals surface area contributed by atoms with Gasteiger partial charge in [0.05, 0.1) is 6.04 Å². The Hall–Kier alpha value is -0.610. The van der Waals surface area contributed by atoms with Crippen molar-refractivity contribution in [1.29, 1.82) is 0 Å². The van der Waals surface area contributed by atoms with Crippen molar-refractivity contribution in [2.45, 2.75) is 52.1 Å². The molecular formula is C14H29N3O. The van der Waals surface area contributed by atoms with Gasteiger partial charge in [-0.2, -0.15) is 0 Å². The van der Waals surface area contributed by atoms with Crippen LogP contribution in [0.2, 0.25) is 0 Å². The van der Waals surface area contributed by atoms with Crippen LogP contribution in [0.1, 0.15) is 40.0 Å². The van der Waals surface area contributed by atoms with E-state index in [1.54, 1.807) is 0 Å². The van der Waals surface area contributed by atoms with Crippen LogP contribution in [0.15, 0.2) is 0 Å². The maximum absolute atomic E-state index is 12.3. The maximum Gasteiger partial charge on any atom is 0.239 e. The third-order valence-corrected chi connectivity index (χ3v) is 4.44. The van der Waals surface area contributed by atoms with E-state index in [2.05, 4.69) is 25.7 Å². The van der Waals surface area contributed by atoms with Gasteiger partial charge in [0, 0.05) is 26.2 Å². The molecule has 0 aromatic rings. The van der Waals surface area contributed by atoms with E-state index in [9.17, 15) is 4.79 Å². The quantitative estimate of drug-likeness (QED) is 0.805. The Bertz CT molecular complexity index is 262. The second-order valence-corrected chi connectivity index (χ2v) is 5.53. The molecule has 1 heterocycles. The molecule has 4 heteroatoms. The van der Waals surface area contributed by atoms with Gasteiger partial charge in [-0.05, 0) is 25.3 Å². The standard InChI is InChI=1S/C14H29N3O/c1-5-11(3)13(15)14(18)16(4)12-7-9-17(6-2)10-8-12/h11-13H,5-10,15H2,1-4H3. The number of nitrogens with zero attached hydrogens (tertiary/aromatic N) is 2. The molecular weight excluding hydrogens is 226 g/mol. The summed E-state index contributed by atoms with van der Waals surface area (Å²) in [5.74, 6) is 0.370. The molecule has 0 radical (unpaired) electrons. The fourth-order valence-corrected chi connectivity index (χ4v) is 2.54. The molecule has 0 bridgehead atoms. The zero-order valence-corrected chi connectivity index (χ0v) is 12.4. The Morgan fingerprint density at radius 1 is 1.39 bits per heavy atom. The van der Waals surface area contributed by atoms with Crippen molar-refractivity contribution in [2.75, 3.05) is 26.7 Å². The van der Waals surface area contributed by atoms with E-state index in [0.717, 1.165) is 38.9 Å². The summed E-state index contributed by atoms with van der Waals surface area (Å²) >= 11 is 0. The second kappa shape index (κ2) is 7.10. The smallest absolute Gasteiger partial charge is 0.239 e. The summed E-state index contributed by atoms with van der Waals surface area (Å²) in [5, 5.41) is 0. The molecule has 1 rings (SSSR count). The third-order valence-electron chi connectivity index (χ3n) is 4.44. The highest BCUT2D eigenvalue weighted by Crippen LogP contribution is 2.17. The predicted molar refractivity (Wildman–Crippen MR) is 75.3 cm³/mol. The number of carbonyl (C=O) groups excluding carboxylic acids is 1. The molecule has 1 saturated heterocycles. The number of amides is 1. The monoisotopic (exact) mass is 255 g/mol. The Morgan fingerprint density at radius 2 is 1.94 bits per heavy atom. The van der Waals surface area contributed by atoms with Crippen LogP contribution in [0.3, 0.4) is 0 Å². The normalized spacial score (nSPS) is 21.6. The number of piperidine rings is 1. The molecule has 1 amide bonds. The van der Waals surface area contributed by atoms with E-state index in [1.807, 2.05) is 11.9 Å². The van der Waals surface area contributed by atoms with Gasteiger partial charge < -0.3 is 15.5 Å². The molecule has 0 aromatic carbocycles. The van der Waals surface area contributed by atoms with Crippen molar-refractivity contribution in [2.24, 2.45) is 11.7 Å². The van der Waals surface area contributed by atoms with Crippen molar-refractivity contribution in [3.63, 3.8) is 0 Å². The van der Waals surface area contributed by atoms with Crippen molar-refractivity contribution in [3.05, 3.63) is 0 Å². The molecule has 0 aliphatic carbocycles. The summed E-state index contributed by atoms with van der Waals surface area (Å²) in [6.45, 7) is 9.62. The van der Waals surface area contributed by atoms with Crippen LogP contribution in [0.5, 0.6) is 0 Å². The summed E-state index contributed by atoms with van der Waals surface area (Å²) in [4.78, 5) is 16.6. The lowest BCUT2D eigenvalue weighted by Gasteiger charge is -2.37. The van der Waals surface area contributed by atoms with Crippen LogP contribution in [-0.2, 0) is 4.79 Å². The number of hydrogen-bond donors (Lipinski definition) is 1. The van der Waals surface area contributed by atoms with E-state index in [1.165, 1.54) is 0 Å². The number of likely N-dealkylation sites (N-methyl/N-ethyl adjacent to an activating group) is 1. The largest absolute Gasteiger partial charge is 0.341 e. The topological polar surface area (TPSA) is 49.6 Å². The van der Waals surface area contributed by atoms with Gasteiger partial charge in [-0.1, -0.05) is 27.2 Å². The van der Waals surface area contributed by atoms with Gasteiger partial charge in [0.1, 0.15) is 0 Å². The van der Waals surface area contributed by atoms with Crippen molar-refractivity contribution in [3.8, 4) is 0 Å². The molecule has 0 spiro atoms. The number of carbonyl (C=O) groups is 1. The van der Waals surface area contributed by atoms with Crippen molar-refractivity contribution < 1.29 is 4.79 Å². The van der Waals surface area contributed by atoms with Crippen LogP contribution in [0.4, 0.5) is 0 Å². The summed E-state index contributed by atoms with van der Waals surface area (Å²) < 4.78 is 0. The number of likely N-dealkylation sites (tertiary alicyclic amines) is 1. The fourth-order valence-electron chi connectivity index (χ4n) is 2.54. The first-order valence-corrected chi connectivity index (χ1v) is 7.25. The van der Waals surface area contributed by atoms with E-state index < -0.39 is 0 Å². The lowest BCUT2D eigenvalue weighted by molar-refractivity contribution is -0.135.